The summed E-state index contributed by atoms with van der Waals surface area (Å²) in [4.78, 5) is 11.1. The highest BCUT2D eigenvalue weighted by Gasteiger charge is 2.13. The number of rotatable bonds is 4. The molecular weight excluding hydrogens is 276 g/mol. The second-order valence-corrected chi connectivity index (χ2v) is 4.65. The lowest BCUT2D eigenvalue weighted by atomic mass is 10.2. The van der Waals surface area contributed by atoms with E-state index in [0.717, 1.165) is 4.90 Å². The van der Waals surface area contributed by atoms with Crippen LogP contribution in [0, 0.1) is 21.4 Å². The van der Waals surface area contributed by atoms with Crippen molar-refractivity contribution < 1.29 is 9.66 Å². The van der Waals surface area contributed by atoms with Crippen LogP contribution in [0.5, 0.6) is 11.5 Å². The highest BCUT2D eigenvalue weighted by Crippen LogP contribution is 2.33. The summed E-state index contributed by atoms with van der Waals surface area (Å²) in [6, 6.07) is 13.3. The Kier molecular flexibility index (Phi) is 4.23. The molecule has 0 saturated carbocycles. The van der Waals surface area contributed by atoms with Crippen molar-refractivity contribution in [3.8, 4) is 17.6 Å². The number of hydrogen-bond donors (Lipinski definition) is 0. The first kappa shape index (κ1) is 13.9. The molecule has 2 aromatic rings. The third-order valence-corrected chi connectivity index (χ3v) is 3.36. The molecule has 0 fully saturated rings. The van der Waals surface area contributed by atoms with E-state index in [1.807, 2.05) is 30.5 Å². The molecule has 2 aromatic carbocycles. The summed E-state index contributed by atoms with van der Waals surface area (Å²) in [5.41, 5.74) is 0.00200. The maximum atomic E-state index is 10.7. The van der Waals surface area contributed by atoms with Crippen LogP contribution >= 0.6 is 11.8 Å². The van der Waals surface area contributed by atoms with Crippen molar-refractivity contribution in [1.82, 2.24) is 0 Å². The maximum absolute atomic E-state index is 10.7. The topological polar surface area (TPSA) is 76.2 Å². The normalized spacial score (nSPS) is 9.80. The maximum Gasteiger partial charge on any atom is 0.271 e. The third kappa shape index (κ3) is 2.90. The summed E-state index contributed by atoms with van der Waals surface area (Å²) in [6.45, 7) is 0. The highest BCUT2D eigenvalue weighted by atomic mass is 32.2. The Bertz CT molecular complexity index is 695. The molecule has 0 aliphatic carbocycles. The summed E-state index contributed by atoms with van der Waals surface area (Å²) in [5, 5.41) is 19.8. The van der Waals surface area contributed by atoms with Crippen molar-refractivity contribution in [1.29, 1.82) is 5.26 Å². The lowest BCUT2D eigenvalue weighted by Gasteiger charge is -2.10. The van der Waals surface area contributed by atoms with E-state index in [2.05, 4.69) is 0 Å². The van der Waals surface area contributed by atoms with Crippen molar-refractivity contribution in [3.63, 3.8) is 0 Å². The molecule has 0 unspecified atom stereocenters. The van der Waals surface area contributed by atoms with E-state index in [9.17, 15) is 10.1 Å². The molecule has 0 amide bonds. The van der Waals surface area contributed by atoms with Gasteiger partial charge in [-0.1, -0.05) is 12.1 Å². The Labute approximate surface area is 120 Å². The monoisotopic (exact) mass is 286 g/mol. The van der Waals surface area contributed by atoms with E-state index in [0.29, 0.717) is 11.5 Å². The molecule has 20 heavy (non-hydrogen) atoms. The average Bonchev–Trinajstić information content (AvgIpc) is 2.48. The number of nitro groups is 1. The van der Waals surface area contributed by atoms with Crippen LogP contribution in [0.15, 0.2) is 47.4 Å². The van der Waals surface area contributed by atoms with Gasteiger partial charge in [0.1, 0.15) is 23.1 Å². The number of ether oxygens (including phenoxy) is 1. The molecule has 5 nitrogen and oxygen atoms in total. The van der Waals surface area contributed by atoms with Crippen LogP contribution in [0.25, 0.3) is 0 Å². The zero-order valence-electron chi connectivity index (χ0n) is 10.6. The predicted molar refractivity (Wildman–Crippen MR) is 76.1 cm³/mol. The van der Waals surface area contributed by atoms with Crippen LogP contribution < -0.4 is 4.74 Å². The minimum absolute atomic E-state index is 0.132. The molecule has 0 heterocycles. The largest absolute Gasteiger partial charge is 0.455 e. The minimum Gasteiger partial charge on any atom is -0.455 e. The Hall–Kier alpha value is -2.52. The molecule has 0 radical (unpaired) electrons. The molecule has 0 bridgehead atoms. The molecule has 100 valence electrons. The molecule has 0 N–H and O–H groups in total. The minimum atomic E-state index is -0.541. The van der Waals surface area contributed by atoms with Crippen molar-refractivity contribution in [3.05, 3.63) is 58.1 Å². The van der Waals surface area contributed by atoms with Gasteiger partial charge in [0, 0.05) is 17.0 Å². The first-order chi connectivity index (χ1) is 9.65. The number of nitrogens with zero attached hydrogens (tertiary/aromatic N) is 2. The van der Waals surface area contributed by atoms with Gasteiger partial charge in [-0.05, 0) is 24.5 Å². The quantitative estimate of drug-likeness (QED) is 0.482. The smallest absolute Gasteiger partial charge is 0.271 e. The van der Waals surface area contributed by atoms with Gasteiger partial charge in [0.2, 0.25) is 0 Å². The number of non-ortho nitro benzene ring substituents is 1. The average molecular weight is 286 g/mol. The van der Waals surface area contributed by atoms with Crippen LogP contribution in [-0.2, 0) is 0 Å². The highest BCUT2D eigenvalue weighted by molar-refractivity contribution is 7.98. The predicted octanol–water partition coefficient (Wildman–Crippen LogP) is 3.98. The Balaban J connectivity index is 2.39. The van der Waals surface area contributed by atoms with E-state index >= 15 is 0 Å². The molecular formula is C14H10N2O3S. The number of hydrogen-bond acceptors (Lipinski definition) is 5. The van der Waals surface area contributed by atoms with Gasteiger partial charge < -0.3 is 4.74 Å². The van der Waals surface area contributed by atoms with Crippen LogP contribution in [0.4, 0.5) is 5.69 Å². The lowest BCUT2D eigenvalue weighted by Crippen LogP contribution is -1.93. The van der Waals surface area contributed by atoms with E-state index in [-0.39, 0.29) is 11.3 Å². The lowest BCUT2D eigenvalue weighted by molar-refractivity contribution is -0.384. The zero-order chi connectivity index (χ0) is 14.5. The Morgan fingerprint density at radius 3 is 2.65 bits per heavy atom. The van der Waals surface area contributed by atoms with Gasteiger partial charge in [0.05, 0.1) is 4.92 Å². The van der Waals surface area contributed by atoms with E-state index in [4.69, 9.17) is 10.00 Å². The van der Waals surface area contributed by atoms with Gasteiger partial charge >= 0.3 is 0 Å². The standard InChI is InChI=1S/C14H10N2O3S/c1-20-14-5-3-2-4-13(14)19-12-7-6-11(16(17)18)8-10(12)9-15/h2-8H,1H3. The molecule has 0 aliphatic rings. The molecule has 0 aromatic heterocycles. The van der Waals surface area contributed by atoms with Crippen molar-refractivity contribution in [2.45, 2.75) is 4.90 Å². The third-order valence-electron chi connectivity index (χ3n) is 2.58. The summed E-state index contributed by atoms with van der Waals surface area (Å²) < 4.78 is 5.69. The number of thioether (sulfide) groups is 1. The number of benzene rings is 2. The van der Waals surface area contributed by atoms with E-state index < -0.39 is 4.92 Å². The van der Waals surface area contributed by atoms with Crippen LogP contribution in [-0.4, -0.2) is 11.2 Å². The fraction of sp³-hybridized carbons (Fsp3) is 0.0714. The molecule has 2 rings (SSSR count). The van der Waals surface area contributed by atoms with Gasteiger partial charge in [-0.2, -0.15) is 5.26 Å². The van der Waals surface area contributed by atoms with Gasteiger partial charge in [-0.25, -0.2) is 0 Å². The first-order valence-corrected chi connectivity index (χ1v) is 6.87. The second kappa shape index (κ2) is 6.08. The number of nitriles is 1. The number of para-hydroxylation sites is 1. The molecule has 0 spiro atoms. The fourth-order valence-corrected chi connectivity index (χ4v) is 2.16. The Morgan fingerprint density at radius 2 is 2.00 bits per heavy atom. The van der Waals surface area contributed by atoms with E-state index in [1.165, 1.54) is 30.0 Å². The summed E-state index contributed by atoms with van der Waals surface area (Å²) >= 11 is 1.52. The van der Waals surface area contributed by atoms with E-state index in [1.54, 1.807) is 6.07 Å². The SMILES string of the molecule is CSc1ccccc1Oc1ccc([N+](=O)[O-])cc1C#N. The van der Waals surface area contributed by atoms with Crippen molar-refractivity contribution >= 4 is 17.4 Å². The fourth-order valence-electron chi connectivity index (χ4n) is 1.63. The van der Waals surface area contributed by atoms with Crippen LogP contribution in [0.1, 0.15) is 5.56 Å². The Morgan fingerprint density at radius 1 is 1.25 bits per heavy atom. The molecule has 0 atom stereocenters. The van der Waals surface area contributed by atoms with Gasteiger partial charge in [0.15, 0.2) is 0 Å². The summed E-state index contributed by atoms with van der Waals surface area (Å²) in [5.74, 6) is 0.921. The van der Waals surface area contributed by atoms with Crippen molar-refractivity contribution in [2.75, 3.05) is 6.26 Å². The van der Waals surface area contributed by atoms with Crippen LogP contribution in [0.2, 0.25) is 0 Å². The molecule has 0 saturated heterocycles. The molecule has 0 aliphatic heterocycles. The van der Waals surface area contributed by atoms with Crippen molar-refractivity contribution in [2.24, 2.45) is 0 Å². The van der Waals surface area contributed by atoms with Gasteiger partial charge in [0.25, 0.3) is 5.69 Å². The summed E-state index contributed by atoms with van der Waals surface area (Å²) in [7, 11) is 0. The van der Waals surface area contributed by atoms with Crippen LogP contribution in [0.3, 0.4) is 0 Å². The first-order valence-electron chi connectivity index (χ1n) is 5.65. The number of nitro benzene ring substituents is 1. The van der Waals surface area contributed by atoms with Gasteiger partial charge in [-0.3, -0.25) is 10.1 Å². The molecule has 6 heteroatoms. The second-order valence-electron chi connectivity index (χ2n) is 3.80. The van der Waals surface area contributed by atoms with Gasteiger partial charge in [-0.15, -0.1) is 11.8 Å². The summed E-state index contributed by atoms with van der Waals surface area (Å²) in [6.07, 6.45) is 1.92. The zero-order valence-corrected chi connectivity index (χ0v) is 11.4.